The van der Waals surface area contributed by atoms with Crippen LogP contribution in [0.2, 0.25) is 0 Å². The Balaban J connectivity index is 0.00000300. The molecule has 5 nitrogen and oxygen atoms in total. The summed E-state index contributed by atoms with van der Waals surface area (Å²) in [6.07, 6.45) is 3.05. The maximum Gasteiger partial charge on any atom is 0.191 e. The van der Waals surface area contributed by atoms with Crippen molar-refractivity contribution in [2.75, 3.05) is 34.4 Å². The van der Waals surface area contributed by atoms with Crippen LogP contribution in [-0.2, 0) is 11.8 Å². The summed E-state index contributed by atoms with van der Waals surface area (Å²) >= 11 is 0. The van der Waals surface area contributed by atoms with Crippen molar-refractivity contribution < 1.29 is 13.9 Å². The van der Waals surface area contributed by atoms with Crippen LogP contribution in [-0.4, -0.2) is 40.3 Å². The van der Waals surface area contributed by atoms with E-state index in [1.54, 1.807) is 21.3 Å². The molecule has 2 aromatic rings. The number of nitrogens with zero attached hydrogens (tertiary/aromatic N) is 1. The van der Waals surface area contributed by atoms with Gasteiger partial charge in [0.25, 0.3) is 0 Å². The van der Waals surface area contributed by atoms with Gasteiger partial charge < -0.3 is 20.1 Å². The number of nitrogens with one attached hydrogen (secondary N) is 2. The molecule has 158 valence electrons. The molecule has 1 fully saturated rings. The number of ether oxygens (including phenoxy) is 2. The Hall–Kier alpha value is -2.03. The van der Waals surface area contributed by atoms with Crippen LogP contribution in [0.1, 0.15) is 24.0 Å². The van der Waals surface area contributed by atoms with E-state index in [9.17, 15) is 4.39 Å². The van der Waals surface area contributed by atoms with Gasteiger partial charge in [-0.1, -0.05) is 18.2 Å². The third kappa shape index (κ3) is 5.98. The summed E-state index contributed by atoms with van der Waals surface area (Å²) in [7, 11) is 5.04. The smallest absolute Gasteiger partial charge is 0.191 e. The minimum Gasteiger partial charge on any atom is -0.493 e. The molecule has 1 aliphatic rings. The Morgan fingerprint density at radius 3 is 2.31 bits per heavy atom. The zero-order chi connectivity index (χ0) is 20.0. The summed E-state index contributed by atoms with van der Waals surface area (Å²) in [6, 6.07) is 12.8. The Bertz CT molecular complexity index is 823. The molecule has 0 amide bonds. The molecule has 0 unspecified atom stereocenters. The summed E-state index contributed by atoms with van der Waals surface area (Å²) in [5.41, 5.74) is 2.43. The van der Waals surface area contributed by atoms with Crippen molar-refractivity contribution in [2.45, 2.75) is 24.7 Å². The van der Waals surface area contributed by atoms with E-state index < -0.39 is 0 Å². The molecule has 0 atom stereocenters. The van der Waals surface area contributed by atoms with Crippen LogP contribution >= 0.6 is 24.0 Å². The first-order valence-corrected chi connectivity index (χ1v) is 9.52. The van der Waals surface area contributed by atoms with Crippen LogP contribution in [0.4, 0.5) is 4.39 Å². The van der Waals surface area contributed by atoms with Gasteiger partial charge in [-0.3, -0.25) is 4.99 Å². The van der Waals surface area contributed by atoms with Gasteiger partial charge in [-0.2, -0.15) is 0 Å². The average Bonchev–Trinajstić information content (AvgIpc) is 3.51. The fourth-order valence-corrected chi connectivity index (χ4v) is 3.36. The standard InChI is InChI=1S/C22H28FN3O2.HI/c1-24-21(25-13-10-16-4-9-19(27-2)20(14-16)28-3)26-15-22(11-12-22)17-5-7-18(23)8-6-17;/h4-9,14H,10-13,15H2,1-3H3,(H2,24,25,26);1H. The van der Waals surface area contributed by atoms with Crippen LogP contribution in [0.25, 0.3) is 0 Å². The summed E-state index contributed by atoms with van der Waals surface area (Å²) < 4.78 is 23.8. The highest BCUT2D eigenvalue weighted by molar-refractivity contribution is 14.0. The Morgan fingerprint density at radius 1 is 1.03 bits per heavy atom. The van der Waals surface area contributed by atoms with Gasteiger partial charge in [0.1, 0.15) is 5.82 Å². The number of benzene rings is 2. The third-order valence-electron chi connectivity index (χ3n) is 5.28. The number of halogens is 2. The molecule has 2 aromatic carbocycles. The zero-order valence-corrected chi connectivity index (χ0v) is 19.5. The van der Waals surface area contributed by atoms with E-state index in [2.05, 4.69) is 15.6 Å². The normalized spacial score (nSPS) is 14.6. The molecule has 29 heavy (non-hydrogen) atoms. The van der Waals surface area contributed by atoms with Crippen LogP contribution in [0.15, 0.2) is 47.5 Å². The molecule has 1 aliphatic carbocycles. The predicted molar refractivity (Wildman–Crippen MR) is 125 cm³/mol. The molecule has 0 heterocycles. The van der Waals surface area contributed by atoms with E-state index >= 15 is 0 Å². The van der Waals surface area contributed by atoms with Crippen molar-refractivity contribution in [3.8, 4) is 11.5 Å². The molecule has 3 rings (SSSR count). The minimum atomic E-state index is -0.194. The molecule has 0 spiro atoms. The molecule has 0 aromatic heterocycles. The monoisotopic (exact) mass is 513 g/mol. The van der Waals surface area contributed by atoms with Crippen molar-refractivity contribution in [3.05, 3.63) is 59.4 Å². The highest BCUT2D eigenvalue weighted by atomic mass is 127. The topological polar surface area (TPSA) is 54.9 Å². The second-order valence-corrected chi connectivity index (χ2v) is 7.08. The minimum absolute atomic E-state index is 0. The Kier molecular flexibility index (Phi) is 8.55. The number of aliphatic imine (C=N–C) groups is 1. The number of methoxy groups -OCH3 is 2. The molecule has 0 aliphatic heterocycles. The van der Waals surface area contributed by atoms with Crippen LogP contribution in [0, 0.1) is 5.82 Å². The Labute approximate surface area is 189 Å². The zero-order valence-electron chi connectivity index (χ0n) is 17.1. The van der Waals surface area contributed by atoms with Gasteiger partial charge in [-0.15, -0.1) is 24.0 Å². The van der Waals surface area contributed by atoms with Crippen LogP contribution in [0.5, 0.6) is 11.5 Å². The predicted octanol–water partition coefficient (Wildman–Crippen LogP) is 3.90. The first-order chi connectivity index (χ1) is 13.6. The van der Waals surface area contributed by atoms with Gasteiger partial charge in [0, 0.05) is 25.6 Å². The fourth-order valence-electron chi connectivity index (χ4n) is 3.36. The number of guanidine groups is 1. The van der Waals surface area contributed by atoms with Gasteiger partial charge in [0.2, 0.25) is 0 Å². The maximum absolute atomic E-state index is 13.2. The van der Waals surface area contributed by atoms with Gasteiger partial charge >= 0.3 is 0 Å². The quantitative estimate of drug-likeness (QED) is 0.320. The summed E-state index contributed by atoms with van der Waals surface area (Å²) in [6.45, 7) is 1.54. The largest absolute Gasteiger partial charge is 0.493 e. The van der Waals surface area contributed by atoms with Crippen molar-refractivity contribution >= 4 is 29.9 Å². The second kappa shape index (κ2) is 10.7. The van der Waals surface area contributed by atoms with E-state index in [0.29, 0.717) is 0 Å². The molecule has 2 N–H and O–H groups in total. The van der Waals surface area contributed by atoms with Crippen molar-refractivity contribution in [1.29, 1.82) is 0 Å². The highest BCUT2D eigenvalue weighted by Gasteiger charge is 2.44. The summed E-state index contributed by atoms with van der Waals surface area (Å²) in [5.74, 6) is 2.04. The second-order valence-electron chi connectivity index (χ2n) is 7.08. The van der Waals surface area contributed by atoms with E-state index in [4.69, 9.17) is 9.47 Å². The first kappa shape index (κ1) is 23.3. The third-order valence-corrected chi connectivity index (χ3v) is 5.28. The van der Waals surface area contributed by atoms with Gasteiger partial charge in [-0.25, -0.2) is 4.39 Å². The molecule has 7 heteroatoms. The van der Waals surface area contributed by atoms with Crippen molar-refractivity contribution in [2.24, 2.45) is 4.99 Å². The van der Waals surface area contributed by atoms with E-state index in [1.165, 1.54) is 17.7 Å². The van der Waals surface area contributed by atoms with Crippen LogP contribution in [0.3, 0.4) is 0 Å². The first-order valence-electron chi connectivity index (χ1n) is 9.52. The lowest BCUT2D eigenvalue weighted by Gasteiger charge is -2.19. The molecule has 0 bridgehead atoms. The lowest BCUT2D eigenvalue weighted by Crippen LogP contribution is -2.41. The van der Waals surface area contributed by atoms with Crippen molar-refractivity contribution in [3.63, 3.8) is 0 Å². The number of hydrogen-bond donors (Lipinski definition) is 2. The summed E-state index contributed by atoms with van der Waals surface area (Å²) in [5, 5.41) is 6.76. The van der Waals surface area contributed by atoms with E-state index in [0.717, 1.165) is 55.4 Å². The molecular formula is C22H29FIN3O2. The summed E-state index contributed by atoms with van der Waals surface area (Å²) in [4.78, 5) is 4.31. The van der Waals surface area contributed by atoms with Gasteiger partial charge in [-0.05, 0) is 54.7 Å². The number of hydrogen-bond acceptors (Lipinski definition) is 3. The highest BCUT2D eigenvalue weighted by Crippen LogP contribution is 2.47. The van der Waals surface area contributed by atoms with Gasteiger partial charge in [0.15, 0.2) is 17.5 Å². The lowest BCUT2D eigenvalue weighted by molar-refractivity contribution is 0.354. The number of rotatable bonds is 8. The van der Waals surface area contributed by atoms with Crippen molar-refractivity contribution in [1.82, 2.24) is 10.6 Å². The lowest BCUT2D eigenvalue weighted by atomic mass is 9.96. The molecule has 1 saturated carbocycles. The Morgan fingerprint density at radius 2 is 1.72 bits per heavy atom. The molecule has 0 radical (unpaired) electrons. The fraction of sp³-hybridized carbons (Fsp3) is 0.409. The molecular weight excluding hydrogens is 484 g/mol. The van der Waals surface area contributed by atoms with Gasteiger partial charge in [0.05, 0.1) is 14.2 Å². The van der Waals surface area contributed by atoms with E-state index in [-0.39, 0.29) is 35.2 Å². The van der Waals surface area contributed by atoms with Crippen LogP contribution < -0.4 is 20.1 Å². The molecule has 0 saturated heterocycles. The average molecular weight is 513 g/mol. The van der Waals surface area contributed by atoms with E-state index in [1.807, 2.05) is 30.3 Å². The SMILES string of the molecule is CN=C(NCCc1ccc(OC)c(OC)c1)NCC1(c2ccc(F)cc2)CC1.I. The maximum atomic E-state index is 13.2.